The summed E-state index contributed by atoms with van der Waals surface area (Å²) in [6.07, 6.45) is -0.784. The zero-order chi connectivity index (χ0) is 15.6. The molecule has 2 rings (SSSR count). The highest BCUT2D eigenvalue weighted by Crippen LogP contribution is 2.41. The van der Waals surface area contributed by atoms with Gasteiger partial charge in [-0.1, -0.05) is 17.7 Å². The lowest BCUT2D eigenvalue weighted by Crippen LogP contribution is -2.37. The number of benzene rings is 1. The minimum Gasteiger partial charge on any atom is -0.392 e. The standard InChI is InChI=1S/C15H19ClF3NO/c16-13-7-10(17)1-2-11(13)12(8-20)14(21)9-3-5-15(18,19)6-4-9/h1-2,7,9,12,14,21H,3-6,8,20H2. The van der Waals surface area contributed by atoms with Crippen molar-refractivity contribution in [3.63, 3.8) is 0 Å². The Morgan fingerprint density at radius 1 is 1.33 bits per heavy atom. The number of aliphatic hydroxyl groups excluding tert-OH is 1. The van der Waals surface area contributed by atoms with Gasteiger partial charge in [0.05, 0.1) is 6.10 Å². The number of hydrogen-bond acceptors (Lipinski definition) is 2. The van der Waals surface area contributed by atoms with Gasteiger partial charge < -0.3 is 10.8 Å². The van der Waals surface area contributed by atoms with Gasteiger partial charge in [-0.25, -0.2) is 13.2 Å². The van der Waals surface area contributed by atoms with Crippen molar-refractivity contribution in [2.24, 2.45) is 11.7 Å². The van der Waals surface area contributed by atoms with Gasteiger partial charge >= 0.3 is 0 Å². The van der Waals surface area contributed by atoms with Crippen LogP contribution in [-0.2, 0) is 0 Å². The topological polar surface area (TPSA) is 46.2 Å². The molecule has 21 heavy (non-hydrogen) atoms. The molecular weight excluding hydrogens is 303 g/mol. The van der Waals surface area contributed by atoms with Crippen LogP contribution in [0.5, 0.6) is 0 Å². The Balaban J connectivity index is 2.13. The number of alkyl halides is 2. The van der Waals surface area contributed by atoms with E-state index in [4.69, 9.17) is 17.3 Å². The van der Waals surface area contributed by atoms with E-state index < -0.39 is 23.8 Å². The molecule has 118 valence electrons. The first-order chi connectivity index (χ1) is 9.84. The summed E-state index contributed by atoms with van der Waals surface area (Å²) in [6, 6.07) is 3.92. The lowest BCUT2D eigenvalue weighted by atomic mass is 9.77. The molecular formula is C15H19ClF3NO. The predicted molar refractivity (Wildman–Crippen MR) is 76.1 cm³/mol. The van der Waals surface area contributed by atoms with Crippen molar-refractivity contribution in [1.82, 2.24) is 0 Å². The highest BCUT2D eigenvalue weighted by molar-refractivity contribution is 6.31. The number of nitrogens with two attached hydrogens (primary N) is 1. The molecule has 6 heteroatoms. The summed E-state index contributed by atoms with van der Waals surface area (Å²) in [5, 5.41) is 10.7. The van der Waals surface area contributed by atoms with Crippen LogP contribution in [0.25, 0.3) is 0 Å². The average molecular weight is 322 g/mol. The maximum Gasteiger partial charge on any atom is 0.248 e. The lowest BCUT2D eigenvalue weighted by molar-refractivity contribution is -0.0651. The monoisotopic (exact) mass is 321 g/mol. The Hall–Kier alpha value is -0.780. The second kappa shape index (κ2) is 6.55. The van der Waals surface area contributed by atoms with Crippen LogP contribution in [-0.4, -0.2) is 23.7 Å². The zero-order valence-corrected chi connectivity index (χ0v) is 12.3. The fourth-order valence-corrected chi connectivity index (χ4v) is 3.29. The molecule has 0 radical (unpaired) electrons. The predicted octanol–water partition coefficient (Wildman–Crippen LogP) is 3.71. The maximum atomic E-state index is 13.2. The van der Waals surface area contributed by atoms with Crippen molar-refractivity contribution in [2.75, 3.05) is 6.54 Å². The van der Waals surface area contributed by atoms with Crippen LogP contribution in [0, 0.1) is 11.7 Å². The molecule has 0 aromatic heterocycles. The summed E-state index contributed by atoms with van der Waals surface area (Å²) in [5.74, 6) is -3.82. The van der Waals surface area contributed by atoms with Crippen LogP contribution < -0.4 is 5.73 Å². The fraction of sp³-hybridized carbons (Fsp3) is 0.600. The SMILES string of the molecule is NCC(c1ccc(F)cc1Cl)C(O)C1CCC(F)(F)CC1. The van der Waals surface area contributed by atoms with Gasteiger partial charge in [0.2, 0.25) is 5.92 Å². The molecule has 1 aromatic rings. The molecule has 0 heterocycles. The molecule has 1 fully saturated rings. The third-order valence-electron chi connectivity index (χ3n) is 4.27. The van der Waals surface area contributed by atoms with Gasteiger partial charge in [0.25, 0.3) is 0 Å². The molecule has 0 spiro atoms. The normalized spacial score (nSPS) is 22.0. The quantitative estimate of drug-likeness (QED) is 0.888. The van der Waals surface area contributed by atoms with Crippen molar-refractivity contribution in [1.29, 1.82) is 0 Å². The Morgan fingerprint density at radius 3 is 2.48 bits per heavy atom. The summed E-state index contributed by atoms with van der Waals surface area (Å²) >= 11 is 6.00. The van der Waals surface area contributed by atoms with Gasteiger partial charge in [0, 0.05) is 30.3 Å². The van der Waals surface area contributed by atoms with Gasteiger partial charge in [-0.3, -0.25) is 0 Å². The third-order valence-corrected chi connectivity index (χ3v) is 4.60. The largest absolute Gasteiger partial charge is 0.392 e. The average Bonchev–Trinajstić information content (AvgIpc) is 2.41. The molecule has 1 aliphatic rings. The molecule has 0 aliphatic heterocycles. The second-order valence-electron chi connectivity index (χ2n) is 5.69. The van der Waals surface area contributed by atoms with Gasteiger partial charge in [0.15, 0.2) is 0 Å². The molecule has 2 atom stereocenters. The fourth-order valence-electron chi connectivity index (χ4n) is 2.99. The molecule has 1 saturated carbocycles. The van der Waals surface area contributed by atoms with E-state index in [0.29, 0.717) is 5.56 Å². The van der Waals surface area contributed by atoms with E-state index >= 15 is 0 Å². The Labute approximate surface area is 127 Å². The molecule has 0 amide bonds. The minimum absolute atomic E-state index is 0.124. The number of aliphatic hydroxyl groups is 1. The summed E-state index contributed by atoms with van der Waals surface area (Å²) in [5.41, 5.74) is 6.27. The van der Waals surface area contributed by atoms with Crippen LogP contribution >= 0.6 is 11.6 Å². The summed E-state index contributed by atoms with van der Waals surface area (Å²) in [6.45, 7) is 0.124. The Morgan fingerprint density at radius 2 is 1.95 bits per heavy atom. The number of rotatable bonds is 4. The lowest BCUT2D eigenvalue weighted by Gasteiger charge is -2.35. The van der Waals surface area contributed by atoms with Crippen molar-refractivity contribution in [2.45, 2.75) is 43.6 Å². The van der Waals surface area contributed by atoms with Crippen LogP contribution in [0.1, 0.15) is 37.2 Å². The zero-order valence-electron chi connectivity index (χ0n) is 11.5. The van der Waals surface area contributed by atoms with Crippen molar-refractivity contribution in [3.8, 4) is 0 Å². The minimum atomic E-state index is -2.64. The molecule has 2 unspecified atom stereocenters. The van der Waals surface area contributed by atoms with Gasteiger partial charge in [-0.05, 0) is 36.5 Å². The van der Waals surface area contributed by atoms with E-state index in [9.17, 15) is 18.3 Å². The Bertz CT molecular complexity index is 488. The molecule has 3 N–H and O–H groups in total. The smallest absolute Gasteiger partial charge is 0.248 e. The van der Waals surface area contributed by atoms with Crippen LogP contribution in [0.2, 0.25) is 5.02 Å². The second-order valence-corrected chi connectivity index (χ2v) is 6.10. The first-order valence-electron chi connectivity index (χ1n) is 7.05. The molecule has 0 bridgehead atoms. The van der Waals surface area contributed by atoms with Crippen molar-refractivity contribution in [3.05, 3.63) is 34.6 Å². The van der Waals surface area contributed by atoms with E-state index in [1.54, 1.807) is 0 Å². The molecule has 2 nitrogen and oxygen atoms in total. The molecule has 1 aliphatic carbocycles. The van der Waals surface area contributed by atoms with E-state index in [-0.39, 0.29) is 43.2 Å². The van der Waals surface area contributed by atoms with Crippen molar-refractivity contribution >= 4 is 11.6 Å². The van der Waals surface area contributed by atoms with Gasteiger partial charge in [-0.2, -0.15) is 0 Å². The van der Waals surface area contributed by atoms with Gasteiger partial charge in [-0.15, -0.1) is 0 Å². The summed E-state index contributed by atoms with van der Waals surface area (Å²) < 4.78 is 39.5. The Kier molecular flexibility index (Phi) is 5.17. The molecule has 1 aromatic carbocycles. The maximum absolute atomic E-state index is 13.2. The summed E-state index contributed by atoms with van der Waals surface area (Å²) in [4.78, 5) is 0. The number of halogens is 4. The van der Waals surface area contributed by atoms with E-state index in [1.807, 2.05) is 0 Å². The van der Waals surface area contributed by atoms with Crippen molar-refractivity contribution < 1.29 is 18.3 Å². The highest BCUT2D eigenvalue weighted by Gasteiger charge is 2.39. The first kappa shape index (κ1) is 16.6. The van der Waals surface area contributed by atoms with E-state index in [1.165, 1.54) is 18.2 Å². The first-order valence-corrected chi connectivity index (χ1v) is 7.43. The van der Waals surface area contributed by atoms with Crippen LogP contribution in [0.4, 0.5) is 13.2 Å². The molecule has 0 saturated heterocycles. The highest BCUT2D eigenvalue weighted by atomic mass is 35.5. The van der Waals surface area contributed by atoms with Gasteiger partial charge in [0.1, 0.15) is 5.82 Å². The van der Waals surface area contributed by atoms with Crippen LogP contribution in [0.3, 0.4) is 0 Å². The van der Waals surface area contributed by atoms with Crippen LogP contribution in [0.15, 0.2) is 18.2 Å². The third kappa shape index (κ3) is 3.90. The van der Waals surface area contributed by atoms with E-state index in [0.717, 1.165) is 0 Å². The van der Waals surface area contributed by atoms with E-state index in [2.05, 4.69) is 0 Å². The number of hydrogen-bond donors (Lipinski definition) is 2. The summed E-state index contributed by atoms with van der Waals surface area (Å²) in [7, 11) is 0.